The van der Waals surface area contributed by atoms with Gasteiger partial charge in [-0.1, -0.05) is 13.3 Å². The molecule has 2 atom stereocenters. The molecule has 0 aromatic rings. The Bertz CT molecular complexity index is 287. The third-order valence-electron chi connectivity index (χ3n) is 3.69. The molecular weight excluding hydrogens is 252 g/mol. The van der Waals surface area contributed by atoms with Gasteiger partial charge in [-0.05, 0) is 71.4 Å². The largest absolute Gasteiger partial charge is 0.444 e. The summed E-state index contributed by atoms with van der Waals surface area (Å²) < 4.78 is 5.27. The highest BCUT2D eigenvalue weighted by atomic mass is 16.6. The van der Waals surface area contributed by atoms with Gasteiger partial charge in [0.2, 0.25) is 0 Å². The lowest BCUT2D eigenvalue weighted by Crippen LogP contribution is -2.37. The van der Waals surface area contributed by atoms with Gasteiger partial charge in [0.1, 0.15) is 5.60 Å². The summed E-state index contributed by atoms with van der Waals surface area (Å²) in [7, 11) is 0. The minimum atomic E-state index is -0.413. The predicted molar refractivity (Wildman–Crippen MR) is 82.8 cm³/mol. The Morgan fingerprint density at radius 3 is 2.45 bits per heavy atom. The first-order valence-corrected chi connectivity index (χ1v) is 8.08. The Hall–Kier alpha value is -0.770. The summed E-state index contributed by atoms with van der Waals surface area (Å²) in [5, 5.41) is 6.42. The zero-order valence-electron chi connectivity index (χ0n) is 13.6. The van der Waals surface area contributed by atoms with E-state index in [1.165, 1.54) is 32.1 Å². The highest BCUT2D eigenvalue weighted by molar-refractivity contribution is 5.67. The molecule has 1 rings (SSSR count). The molecule has 0 aromatic carbocycles. The van der Waals surface area contributed by atoms with Crippen molar-refractivity contribution in [1.82, 2.24) is 10.6 Å². The molecule has 2 N–H and O–H groups in total. The summed E-state index contributed by atoms with van der Waals surface area (Å²) >= 11 is 0. The van der Waals surface area contributed by atoms with Gasteiger partial charge in [0.25, 0.3) is 0 Å². The van der Waals surface area contributed by atoms with Crippen LogP contribution in [-0.2, 0) is 4.74 Å². The number of hydrogen-bond acceptors (Lipinski definition) is 3. The van der Waals surface area contributed by atoms with E-state index in [1.807, 2.05) is 20.8 Å². The van der Waals surface area contributed by atoms with Crippen LogP contribution in [0.4, 0.5) is 4.79 Å². The Balaban J connectivity index is 2.21. The maximum atomic E-state index is 11.6. The van der Waals surface area contributed by atoms with Crippen molar-refractivity contribution in [2.24, 2.45) is 11.8 Å². The maximum Gasteiger partial charge on any atom is 0.407 e. The van der Waals surface area contributed by atoms with Crippen molar-refractivity contribution in [3.05, 3.63) is 0 Å². The molecule has 0 spiro atoms. The summed E-state index contributed by atoms with van der Waals surface area (Å²) in [4.78, 5) is 11.6. The summed E-state index contributed by atoms with van der Waals surface area (Å²) in [6, 6.07) is 0. The summed E-state index contributed by atoms with van der Waals surface area (Å²) in [6.45, 7) is 10.8. The van der Waals surface area contributed by atoms with E-state index in [1.54, 1.807) is 0 Å². The van der Waals surface area contributed by atoms with Gasteiger partial charge in [-0.2, -0.15) is 0 Å². The van der Waals surface area contributed by atoms with Gasteiger partial charge in [-0.25, -0.2) is 4.79 Å². The number of ether oxygens (including phenoxy) is 1. The summed E-state index contributed by atoms with van der Waals surface area (Å²) in [6.07, 6.45) is 5.94. The Morgan fingerprint density at radius 1 is 1.20 bits per heavy atom. The molecule has 20 heavy (non-hydrogen) atoms. The van der Waals surface area contributed by atoms with Crippen LogP contribution in [0, 0.1) is 11.8 Å². The third kappa shape index (κ3) is 7.73. The number of hydrogen-bond donors (Lipinski definition) is 2. The van der Waals surface area contributed by atoms with Crippen molar-refractivity contribution in [2.75, 3.05) is 19.6 Å². The van der Waals surface area contributed by atoms with Crippen LogP contribution in [-0.4, -0.2) is 31.3 Å². The van der Waals surface area contributed by atoms with Gasteiger partial charge >= 0.3 is 6.09 Å². The highest BCUT2D eigenvalue weighted by Crippen LogP contribution is 2.28. The molecule has 0 bridgehead atoms. The number of alkyl carbamates (subject to hydrolysis) is 1. The summed E-state index contributed by atoms with van der Waals surface area (Å²) in [5.41, 5.74) is -0.413. The van der Waals surface area contributed by atoms with E-state index in [2.05, 4.69) is 17.6 Å². The van der Waals surface area contributed by atoms with Crippen LogP contribution in [0.2, 0.25) is 0 Å². The SMILES string of the molecule is CCCNCC1CCC[C@H](CNC(=O)OC(C)(C)C)C1. The van der Waals surface area contributed by atoms with Gasteiger partial charge in [0, 0.05) is 6.54 Å². The van der Waals surface area contributed by atoms with Crippen LogP contribution >= 0.6 is 0 Å². The topological polar surface area (TPSA) is 50.4 Å². The van der Waals surface area contributed by atoms with E-state index in [0.29, 0.717) is 5.92 Å². The molecule has 0 saturated heterocycles. The van der Waals surface area contributed by atoms with Crippen LogP contribution in [0.5, 0.6) is 0 Å². The number of carbonyl (C=O) groups excluding carboxylic acids is 1. The van der Waals surface area contributed by atoms with E-state index in [4.69, 9.17) is 4.74 Å². The smallest absolute Gasteiger partial charge is 0.407 e. The molecule has 1 amide bonds. The second-order valence-electron chi connectivity index (χ2n) is 6.99. The molecule has 118 valence electrons. The lowest BCUT2D eigenvalue weighted by atomic mass is 9.81. The maximum absolute atomic E-state index is 11.6. The normalized spacial score (nSPS) is 23.4. The Labute approximate surface area is 124 Å². The molecule has 1 fully saturated rings. The minimum absolute atomic E-state index is 0.288. The molecule has 4 nitrogen and oxygen atoms in total. The fourth-order valence-corrected chi connectivity index (χ4v) is 2.80. The molecule has 0 heterocycles. The van der Waals surface area contributed by atoms with Crippen molar-refractivity contribution >= 4 is 6.09 Å². The van der Waals surface area contributed by atoms with Crippen LogP contribution in [0.1, 0.15) is 59.8 Å². The van der Waals surface area contributed by atoms with Gasteiger partial charge in [0.05, 0.1) is 0 Å². The molecular formula is C16H32N2O2. The van der Waals surface area contributed by atoms with Crippen LogP contribution < -0.4 is 10.6 Å². The molecule has 1 saturated carbocycles. The zero-order chi connectivity index (χ0) is 15.0. The Morgan fingerprint density at radius 2 is 1.85 bits per heavy atom. The van der Waals surface area contributed by atoms with E-state index in [9.17, 15) is 4.79 Å². The first-order valence-electron chi connectivity index (χ1n) is 8.08. The average Bonchev–Trinajstić information content (AvgIpc) is 2.35. The van der Waals surface area contributed by atoms with Gasteiger partial charge in [0.15, 0.2) is 0 Å². The number of carbonyl (C=O) groups is 1. The van der Waals surface area contributed by atoms with Crippen molar-refractivity contribution in [1.29, 1.82) is 0 Å². The van der Waals surface area contributed by atoms with Gasteiger partial charge in [-0.3, -0.25) is 0 Å². The fourth-order valence-electron chi connectivity index (χ4n) is 2.80. The van der Waals surface area contributed by atoms with E-state index >= 15 is 0 Å². The standard InChI is InChI=1S/C16H32N2O2/c1-5-9-17-11-13-7-6-8-14(10-13)12-18-15(19)20-16(2,3)4/h13-14,17H,5-12H2,1-4H3,(H,18,19)/t13?,14-/m0/s1. The number of amides is 1. The molecule has 1 aliphatic rings. The van der Waals surface area contributed by atoms with Crippen molar-refractivity contribution < 1.29 is 9.53 Å². The highest BCUT2D eigenvalue weighted by Gasteiger charge is 2.23. The second kappa shape index (κ2) is 8.50. The lowest BCUT2D eigenvalue weighted by Gasteiger charge is -2.30. The molecule has 1 unspecified atom stereocenters. The van der Waals surface area contributed by atoms with Crippen LogP contribution in [0.15, 0.2) is 0 Å². The van der Waals surface area contributed by atoms with Crippen LogP contribution in [0.3, 0.4) is 0 Å². The zero-order valence-corrected chi connectivity index (χ0v) is 13.6. The Kier molecular flexibility index (Phi) is 7.35. The van der Waals surface area contributed by atoms with Crippen molar-refractivity contribution in [3.63, 3.8) is 0 Å². The molecule has 1 aliphatic carbocycles. The molecule has 4 heteroatoms. The van der Waals surface area contributed by atoms with E-state index < -0.39 is 5.60 Å². The van der Waals surface area contributed by atoms with Crippen molar-refractivity contribution in [3.8, 4) is 0 Å². The minimum Gasteiger partial charge on any atom is -0.444 e. The van der Waals surface area contributed by atoms with E-state index in [0.717, 1.165) is 25.6 Å². The number of nitrogens with one attached hydrogen (secondary N) is 2. The van der Waals surface area contributed by atoms with Gasteiger partial charge < -0.3 is 15.4 Å². The molecule has 0 radical (unpaired) electrons. The molecule has 0 aromatic heterocycles. The number of rotatable bonds is 6. The predicted octanol–water partition coefficient (Wildman–Crippen LogP) is 3.32. The van der Waals surface area contributed by atoms with Gasteiger partial charge in [-0.15, -0.1) is 0 Å². The second-order valence-corrected chi connectivity index (χ2v) is 6.99. The third-order valence-corrected chi connectivity index (χ3v) is 3.69. The first kappa shape index (κ1) is 17.3. The van der Waals surface area contributed by atoms with Crippen LogP contribution in [0.25, 0.3) is 0 Å². The lowest BCUT2D eigenvalue weighted by molar-refractivity contribution is 0.0512. The quantitative estimate of drug-likeness (QED) is 0.736. The average molecular weight is 284 g/mol. The fraction of sp³-hybridized carbons (Fsp3) is 0.938. The first-order chi connectivity index (χ1) is 9.40. The monoisotopic (exact) mass is 284 g/mol. The van der Waals surface area contributed by atoms with E-state index in [-0.39, 0.29) is 6.09 Å². The van der Waals surface area contributed by atoms with Crippen molar-refractivity contribution in [2.45, 2.75) is 65.4 Å². The molecule has 0 aliphatic heterocycles. The summed E-state index contributed by atoms with van der Waals surface area (Å²) in [5.74, 6) is 1.37.